The number of carbonyl (C=O) groups is 1. The van der Waals surface area contributed by atoms with Crippen LogP contribution >= 0.6 is 0 Å². The van der Waals surface area contributed by atoms with E-state index < -0.39 is 0 Å². The number of nitrogens with zero attached hydrogens (tertiary/aromatic N) is 3. The lowest BCUT2D eigenvalue weighted by Gasteiger charge is -2.32. The lowest BCUT2D eigenvalue weighted by Crippen LogP contribution is -2.45. The summed E-state index contributed by atoms with van der Waals surface area (Å²) in [6, 6.07) is 3.94. The van der Waals surface area contributed by atoms with Crippen molar-refractivity contribution in [3.8, 4) is 0 Å². The second-order valence-corrected chi connectivity index (χ2v) is 5.24. The van der Waals surface area contributed by atoms with Gasteiger partial charge in [0, 0.05) is 51.9 Å². The van der Waals surface area contributed by atoms with Gasteiger partial charge in [0.1, 0.15) is 0 Å². The fourth-order valence-corrected chi connectivity index (χ4v) is 2.35. The molecule has 0 spiro atoms. The van der Waals surface area contributed by atoms with Crippen molar-refractivity contribution in [2.24, 2.45) is 7.05 Å². The van der Waals surface area contributed by atoms with Crippen molar-refractivity contribution in [3.63, 3.8) is 0 Å². The van der Waals surface area contributed by atoms with Gasteiger partial charge < -0.3 is 14.4 Å². The quantitative estimate of drug-likeness (QED) is 0.750. The molecule has 2 heterocycles. The standard InChI is InChI=1S/C14H23N3O/c1-12-4-5-13(16(12)3)14(18)6-7-17-10-8-15(2)9-11-17/h4-5H,6-11H2,1-3H3. The summed E-state index contributed by atoms with van der Waals surface area (Å²) in [6.45, 7) is 7.29. The third kappa shape index (κ3) is 3.00. The summed E-state index contributed by atoms with van der Waals surface area (Å²) < 4.78 is 1.98. The van der Waals surface area contributed by atoms with Crippen molar-refractivity contribution in [2.45, 2.75) is 13.3 Å². The van der Waals surface area contributed by atoms with Crippen LogP contribution in [0.5, 0.6) is 0 Å². The Hall–Kier alpha value is -1.13. The molecule has 0 atom stereocenters. The molecule has 0 aliphatic carbocycles. The monoisotopic (exact) mass is 249 g/mol. The van der Waals surface area contributed by atoms with E-state index >= 15 is 0 Å². The van der Waals surface area contributed by atoms with Crippen molar-refractivity contribution in [1.29, 1.82) is 0 Å². The van der Waals surface area contributed by atoms with E-state index in [9.17, 15) is 4.79 Å². The largest absolute Gasteiger partial charge is 0.346 e. The predicted molar refractivity (Wildman–Crippen MR) is 73.0 cm³/mol. The van der Waals surface area contributed by atoms with Crippen LogP contribution in [0.15, 0.2) is 12.1 Å². The van der Waals surface area contributed by atoms with E-state index in [1.807, 2.05) is 30.7 Å². The Labute approximate surface area is 109 Å². The highest BCUT2D eigenvalue weighted by molar-refractivity contribution is 5.94. The molecule has 0 bridgehead atoms. The summed E-state index contributed by atoms with van der Waals surface area (Å²) in [6.07, 6.45) is 0.626. The molecule has 2 rings (SSSR count). The number of aryl methyl sites for hydroxylation is 1. The fraction of sp³-hybridized carbons (Fsp3) is 0.643. The van der Waals surface area contributed by atoms with Crippen LogP contribution in [0.1, 0.15) is 22.6 Å². The maximum Gasteiger partial charge on any atom is 0.180 e. The first-order chi connectivity index (χ1) is 8.58. The smallest absolute Gasteiger partial charge is 0.180 e. The van der Waals surface area contributed by atoms with Crippen molar-refractivity contribution in [2.75, 3.05) is 39.8 Å². The molecule has 0 saturated carbocycles. The van der Waals surface area contributed by atoms with Gasteiger partial charge in [0.15, 0.2) is 5.78 Å². The number of ketones is 1. The van der Waals surface area contributed by atoms with Gasteiger partial charge in [-0.05, 0) is 26.1 Å². The molecule has 100 valence electrons. The van der Waals surface area contributed by atoms with E-state index in [4.69, 9.17) is 0 Å². The van der Waals surface area contributed by atoms with Gasteiger partial charge in [-0.1, -0.05) is 0 Å². The summed E-state index contributed by atoms with van der Waals surface area (Å²) in [5, 5.41) is 0. The molecule has 0 N–H and O–H groups in total. The van der Waals surface area contributed by atoms with Gasteiger partial charge in [0.05, 0.1) is 5.69 Å². The molecule has 18 heavy (non-hydrogen) atoms. The van der Waals surface area contributed by atoms with E-state index in [0.29, 0.717) is 6.42 Å². The normalized spacial score (nSPS) is 18.2. The number of hydrogen-bond acceptors (Lipinski definition) is 3. The van der Waals surface area contributed by atoms with Crippen LogP contribution in [0.3, 0.4) is 0 Å². The molecule has 1 aliphatic rings. The summed E-state index contributed by atoms with van der Waals surface area (Å²) in [5.74, 6) is 0.254. The first-order valence-electron chi connectivity index (χ1n) is 6.64. The van der Waals surface area contributed by atoms with Crippen LogP contribution in [0.25, 0.3) is 0 Å². The third-order valence-electron chi connectivity index (χ3n) is 3.91. The number of likely N-dealkylation sites (N-methyl/N-ethyl adjacent to an activating group) is 1. The highest BCUT2D eigenvalue weighted by atomic mass is 16.1. The lowest BCUT2D eigenvalue weighted by atomic mass is 10.2. The third-order valence-corrected chi connectivity index (χ3v) is 3.91. The Morgan fingerprint density at radius 3 is 2.39 bits per heavy atom. The van der Waals surface area contributed by atoms with Crippen LogP contribution < -0.4 is 0 Å². The maximum atomic E-state index is 12.1. The Kier molecular flexibility index (Phi) is 4.19. The summed E-state index contributed by atoms with van der Waals surface area (Å²) in [7, 11) is 4.10. The summed E-state index contributed by atoms with van der Waals surface area (Å²) >= 11 is 0. The molecule has 4 nitrogen and oxygen atoms in total. The average molecular weight is 249 g/mol. The Morgan fingerprint density at radius 1 is 1.17 bits per heavy atom. The van der Waals surface area contributed by atoms with Gasteiger partial charge in [-0.3, -0.25) is 4.79 Å². The molecule has 1 aromatic heterocycles. The van der Waals surface area contributed by atoms with E-state index in [0.717, 1.165) is 44.1 Å². The summed E-state index contributed by atoms with van der Waals surface area (Å²) in [4.78, 5) is 16.8. The van der Waals surface area contributed by atoms with E-state index in [2.05, 4.69) is 16.8 Å². The first kappa shape index (κ1) is 13.3. The van der Waals surface area contributed by atoms with Crippen molar-refractivity contribution < 1.29 is 4.79 Å². The summed E-state index contributed by atoms with van der Waals surface area (Å²) in [5.41, 5.74) is 1.97. The van der Waals surface area contributed by atoms with E-state index in [1.165, 1.54) is 0 Å². The molecule has 1 saturated heterocycles. The molecule has 0 unspecified atom stereocenters. The average Bonchev–Trinajstić information content (AvgIpc) is 2.69. The van der Waals surface area contributed by atoms with Gasteiger partial charge in [-0.25, -0.2) is 0 Å². The van der Waals surface area contributed by atoms with Crippen LogP contribution in [-0.2, 0) is 7.05 Å². The van der Waals surface area contributed by atoms with E-state index in [-0.39, 0.29) is 5.78 Å². The van der Waals surface area contributed by atoms with Crippen molar-refractivity contribution >= 4 is 5.78 Å². The molecule has 0 aromatic carbocycles. The predicted octanol–water partition coefficient (Wildman–Crippen LogP) is 1.15. The molecule has 0 amide bonds. The second kappa shape index (κ2) is 5.67. The zero-order chi connectivity index (χ0) is 13.1. The fourth-order valence-electron chi connectivity index (χ4n) is 2.35. The molecule has 1 aliphatic heterocycles. The molecular weight excluding hydrogens is 226 g/mol. The van der Waals surface area contributed by atoms with Crippen molar-refractivity contribution in [1.82, 2.24) is 14.4 Å². The molecule has 0 radical (unpaired) electrons. The number of piperazine rings is 1. The van der Waals surface area contributed by atoms with Crippen molar-refractivity contribution in [3.05, 3.63) is 23.5 Å². The minimum Gasteiger partial charge on any atom is -0.346 e. The zero-order valence-corrected chi connectivity index (χ0v) is 11.6. The molecule has 1 fully saturated rings. The zero-order valence-electron chi connectivity index (χ0n) is 11.6. The van der Waals surface area contributed by atoms with Gasteiger partial charge >= 0.3 is 0 Å². The molecule has 4 heteroatoms. The number of hydrogen-bond donors (Lipinski definition) is 0. The van der Waals surface area contributed by atoms with Gasteiger partial charge in [-0.15, -0.1) is 0 Å². The number of carbonyl (C=O) groups excluding carboxylic acids is 1. The lowest BCUT2D eigenvalue weighted by molar-refractivity contribution is 0.0934. The topological polar surface area (TPSA) is 28.5 Å². The Bertz CT molecular complexity index is 417. The van der Waals surface area contributed by atoms with Gasteiger partial charge in [0.25, 0.3) is 0 Å². The number of Topliss-reactive ketones (excluding diaryl/α,β-unsaturated/α-hetero) is 1. The maximum absolute atomic E-state index is 12.1. The minimum absolute atomic E-state index is 0.254. The highest BCUT2D eigenvalue weighted by Gasteiger charge is 2.16. The molecular formula is C14H23N3O. The van der Waals surface area contributed by atoms with Crippen LogP contribution in [0, 0.1) is 6.92 Å². The van der Waals surface area contributed by atoms with Crippen LogP contribution in [-0.4, -0.2) is 59.9 Å². The van der Waals surface area contributed by atoms with Gasteiger partial charge in [-0.2, -0.15) is 0 Å². The number of aromatic nitrogens is 1. The van der Waals surface area contributed by atoms with Crippen LogP contribution in [0.4, 0.5) is 0 Å². The minimum atomic E-state index is 0.254. The van der Waals surface area contributed by atoms with Gasteiger partial charge in [0.2, 0.25) is 0 Å². The molecule has 1 aromatic rings. The van der Waals surface area contributed by atoms with E-state index in [1.54, 1.807) is 0 Å². The SMILES string of the molecule is Cc1ccc(C(=O)CCN2CCN(C)CC2)n1C. The Morgan fingerprint density at radius 2 is 1.83 bits per heavy atom. The highest BCUT2D eigenvalue weighted by Crippen LogP contribution is 2.09. The number of rotatable bonds is 4. The van der Waals surface area contributed by atoms with Crippen LogP contribution in [0.2, 0.25) is 0 Å². The Balaban J connectivity index is 1.83. The second-order valence-electron chi connectivity index (χ2n) is 5.24. The first-order valence-corrected chi connectivity index (χ1v) is 6.64.